The SMILES string of the molecule is CC(Cc1cccs1)n1cnc2ccc(C(=O)O)cc21. The Morgan fingerprint density at radius 1 is 1.45 bits per heavy atom. The number of thiophene rings is 1. The van der Waals surface area contributed by atoms with Crippen LogP contribution in [0, 0.1) is 0 Å². The van der Waals surface area contributed by atoms with E-state index in [2.05, 4.69) is 23.4 Å². The predicted molar refractivity (Wildman–Crippen MR) is 79.4 cm³/mol. The number of hydrogen-bond acceptors (Lipinski definition) is 3. The Balaban J connectivity index is 1.98. The maximum absolute atomic E-state index is 11.1. The van der Waals surface area contributed by atoms with Gasteiger partial charge < -0.3 is 9.67 Å². The molecule has 1 atom stereocenters. The van der Waals surface area contributed by atoms with Gasteiger partial charge in [-0.2, -0.15) is 0 Å². The van der Waals surface area contributed by atoms with Gasteiger partial charge in [-0.15, -0.1) is 11.3 Å². The van der Waals surface area contributed by atoms with Crippen LogP contribution in [0.3, 0.4) is 0 Å². The normalized spacial score (nSPS) is 12.7. The maximum atomic E-state index is 11.1. The van der Waals surface area contributed by atoms with Crippen LogP contribution < -0.4 is 0 Å². The average Bonchev–Trinajstić information content (AvgIpc) is 3.06. The molecule has 102 valence electrons. The molecule has 0 saturated heterocycles. The molecule has 0 aliphatic heterocycles. The van der Waals surface area contributed by atoms with Gasteiger partial charge in [0.1, 0.15) is 0 Å². The van der Waals surface area contributed by atoms with Crippen LogP contribution in [0.5, 0.6) is 0 Å². The first-order chi connectivity index (χ1) is 9.65. The lowest BCUT2D eigenvalue weighted by Crippen LogP contribution is -2.06. The van der Waals surface area contributed by atoms with Crippen LogP contribution in [0.4, 0.5) is 0 Å². The van der Waals surface area contributed by atoms with E-state index in [0.29, 0.717) is 5.56 Å². The fourth-order valence-electron chi connectivity index (χ4n) is 2.33. The Morgan fingerprint density at radius 3 is 3.00 bits per heavy atom. The number of carbonyl (C=O) groups is 1. The second kappa shape index (κ2) is 5.09. The highest BCUT2D eigenvalue weighted by Crippen LogP contribution is 2.23. The molecule has 5 heteroatoms. The number of nitrogens with zero attached hydrogens (tertiary/aromatic N) is 2. The molecule has 0 aliphatic carbocycles. The van der Waals surface area contributed by atoms with E-state index in [1.54, 1.807) is 35.9 Å². The van der Waals surface area contributed by atoms with E-state index in [-0.39, 0.29) is 6.04 Å². The summed E-state index contributed by atoms with van der Waals surface area (Å²) in [6.45, 7) is 2.12. The molecule has 0 radical (unpaired) electrons. The quantitative estimate of drug-likeness (QED) is 0.797. The standard InChI is InChI=1S/C15H14N2O2S/c1-10(7-12-3-2-6-20-12)17-9-16-13-5-4-11(15(18)19)8-14(13)17/h2-6,8-10H,7H2,1H3,(H,18,19). The molecule has 0 bridgehead atoms. The Morgan fingerprint density at radius 2 is 2.30 bits per heavy atom. The van der Waals surface area contributed by atoms with E-state index in [0.717, 1.165) is 17.5 Å². The van der Waals surface area contributed by atoms with Gasteiger partial charge in [-0.1, -0.05) is 6.07 Å². The summed E-state index contributed by atoms with van der Waals surface area (Å²) in [6, 6.07) is 9.43. The van der Waals surface area contributed by atoms with Crippen molar-refractivity contribution in [1.29, 1.82) is 0 Å². The van der Waals surface area contributed by atoms with Crippen LogP contribution in [0.2, 0.25) is 0 Å². The summed E-state index contributed by atoms with van der Waals surface area (Å²) in [5.74, 6) is -0.912. The van der Waals surface area contributed by atoms with Crippen molar-refractivity contribution in [2.45, 2.75) is 19.4 Å². The summed E-state index contributed by atoms with van der Waals surface area (Å²) in [4.78, 5) is 16.7. The van der Waals surface area contributed by atoms with Crippen molar-refractivity contribution in [1.82, 2.24) is 9.55 Å². The number of aromatic carboxylic acids is 1. The highest BCUT2D eigenvalue weighted by Gasteiger charge is 2.12. The summed E-state index contributed by atoms with van der Waals surface area (Å²) in [7, 11) is 0. The lowest BCUT2D eigenvalue weighted by atomic mass is 10.1. The van der Waals surface area contributed by atoms with E-state index in [4.69, 9.17) is 5.11 Å². The highest BCUT2D eigenvalue weighted by atomic mass is 32.1. The number of benzene rings is 1. The zero-order valence-corrected chi connectivity index (χ0v) is 11.8. The van der Waals surface area contributed by atoms with Crippen molar-refractivity contribution < 1.29 is 9.90 Å². The molecule has 2 aromatic heterocycles. The first-order valence-corrected chi connectivity index (χ1v) is 7.25. The van der Waals surface area contributed by atoms with Crippen molar-refractivity contribution in [3.05, 3.63) is 52.5 Å². The van der Waals surface area contributed by atoms with E-state index in [1.165, 1.54) is 4.88 Å². The molecule has 1 N–H and O–H groups in total. The van der Waals surface area contributed by atoms with Gasteiger partial charge in [0.15, 0.2) is 0 Å². The van der Waals surface area contributed by atoms with Crippen LogP contribution in [0.25, 0.3) is 11.0 Å². The number of fused-ring (bicyclic) bond motifs is 1. The first-order valence-electron chi connectivity index (χ1n) is 6.37. The van der Waals surface area contributed by atoms with E-state index in [1.807, 2.05) is 10.6 Å². The molecular weight excluding hydrogens is 272 g/mol. The van der Waals surface area contributed by atoms with Gasteiger partial charge >= 0.3 is 5.97 Å². The van der Waals surface area contributed by atoms with Crippen LogP contribution in [-0.4, -0.2) is 20.6 Å². The number of aromatic nitrogens is 2. The second-order valence-electron chi connectivity index (χ2n) is 4.79. The molecule has 20 heavy (non-hydrogen) atoms. The maximum Gasteiger partial charge on any atom is 0.335 e. The zero-order chi connectivity index (χ0) is 14.1. The molecule has 0 saturated carbocycles. The Bertz CT molecular complexity index is 746. The fourth-order valence-corrected chi connectivity index (χ4v) is 3.16. The minimum absolute atomic E-state index is 0.239. The molecule has 2 heterocycles. The molecule has 1 unspecified atom stereocenters. The number of imidazole rings is 1. The molecule has 0 spiro atoms. The Labute approximate surface area is 120 Å². The number of rotatable bonds is 4. The van der Waals surface area contributed by atoms with Crippen molar-refractivity contribution in [3.63, 3.8) is 0 Å². The molecule has 4 nitrogen and oxygen atoms in total. The minimum Gasteiger partial charge on any atom is -0.478 e. The van der Waals surface area contributed by atoms with Gasteiger partial charge in [0, 0.05) is 17.3 Å². The van der Waals surface area contributed by atoms with Crippen molar-refractivity contribution in [2.24, 2.45) is 0 Å². The lowest BCUT2D eigenvalue weighted by Gasteiger charge is -2.13. The molecule has 0 fully saturated rings. The lowest BCUT2D eigenvalue weighted by molar-refractivity contribution is 0.0697. The van der Waals surface area contributed by atoms with Crippen LogP contribution >= 0.6 is 11.3 Å². The van der Waals surface area contributed by atoms with Gasteiger partial charge in [0.25, 0.3) is 0 Å². The molecule has 0 amide bonds. The molecule has 0 aliphatic rings. The minimum atomic E-state index is -0.912. The van der Waals surface area contributed by atoms with Crippen LogP contribution in [-0.2, 0) is 6.42 Å². The Kier molecular flexibility index (Phi) is 3.28. The van der Waals surface area contributed by atoms with E-state index < -0.39 is 5.97 Å². The summed E-state index contributed by atoms with van der Waals surface area (Å²) in [5.41, 5.74) is 1.99. The van der Waals surface area contributed by atoms with Crippen LogP contribution in [0.1, 0.15) is 28.2 Å². The number of carboxylic acids is 1. The molecule has 1 aromatic carbocycles. The highest BCUT2D eigenvalue weighted by molar-refractivity contribution is 7.09. The van der Waals surface area contributed by atoms with Gasteiger partial charge in [-0.3, -0.25) is 0 Å². The van der Waals surface area contributed by atoms with Gasteiger partial charge in [0.2, 0.25) is 0 Å². The second-order valence-corrected chi connectivity index (χ2v) is 5.83. The topological polar surface area (TPSA) is 55.1 Å². The summed E-state index contributed by atoms with van der Waals surface area (Å²) >= 11 is 1.73. The summed E-state index contributed by atoms with van der Waals surface area (Å²) < 4.78 is 2.04. The smallest absolute Gasteiger partial charge is 0.335 e. The third kappa shape index (κ3) is 2.32. The first kappa shape index (κ1) is 12.9. The van der Waals surface area contributed by atoms with Crippen molar-refractivity contribution in [3.8, 4) is 0 Å². The zero-order valence-electron chi connectivity index (χ0n) is 11.0. The third-order valence-electron chi connectivity index (χ3n) is 3.37. The van der Waals surface area contributed by atoms with E-state index in [9.17, 15) is 4.79 Å². The average molecular weight is 286 g/mol. The summed E-state index contributed by atoms with van der Waals surface area (Å²) in [5, 5.41) is 11.2. The summed E-state index contributed by atoms with van der Waals surface area (Å²) in [6.07, 6.45) is 2.70. The van der Waals surface area contributed by atoms with E-state index >= 15 is 0 Å². The predicted octanol–water partition coefficient (Wildman–Crippen LogP) is 3.60. The largest absolute Gasteiger partial charge is 0.478 e. The fraction of sp³-hybridized carbons (Fsp3) is 0.200. The number of carboxylic acid groups (broad SMARTS) is 1. The monoisotopic (exact) mass is 286 g/mol. The van der Waals surface area contributed by atoms with Gasteiger partial charge in [-0.05, 0) is 36.6 Å². The molecular formula is C15H14N2O2S. The Hall–Kier alpha value is -2.14. The van der Waals surface area contributed by atoms with Gasteiger partial charge in [-0.25, -0.2) is 9.78 Å². The van der Waals surface area contributed by atoms with Crippen molar-refractivity contribution in [2.75, 3.05) is 0 Å². The van der Waals surface area contributed by atoms with Gasteiger partial charge in [0.05, 0.1) is 22.9 Å². The third-order valence-corrected chi connectivity index (χ3v) is 4.27. The molecule has 3 aromatic rings. The van der Waals surface area contributed by atoms with Crippen molar-refractivity contribution >= 4 is 28.3 Å². The molecule has 3 rings (SSSR count). The van der Waals surface area contributed by atoms with Crippen LogP contribution in [0.15, 0.2) is 42.0 Å². The number of hydrogen-bond donors (Lipinski definition) is 1.